The van der Waals surface area contributed by atoms with E-state index < -0.39 is 0 Å². The summed E-state index contributed by atoms with van der Waals surface area (Å²) in [4.78, 5) is 8.42. The van der Waals surface area contributed by atoms with E-state index in [-0.39, 0.29) is 0 Å². The van der Waals surface area contributed by atoms with Gasteiger partial charge in [-0.2, -0.15) is 0 Å². The van der Waals surface area contributed by atoms with Gasteiger partial charge in [0, 0.05) is 6.54 Å². The summed E-state index contributed by atoms with van der Waals surface area (Å²) in [5, 5.41) is 3.26. The van der Waals surface area contributed by atoms with Crippen LogP contribution in [0, 0.1) is 6.92 Å². The van der Waals surface area contributed by atoms with Crippen molar-refractivity contribution in [1.29, 1.82) is 0 Å². The van der Waals surface area contributed by atoms with Crippen LogP contribution in [0.15, 0.2) is 30.6 Å². The molecule has 1 heterocycles. The van der Waals surface area contributed by atoms with Crippen molar-refractivity contribution >= 4 is 5.82 Å². The van der Waals surface area contributed by atoms with Crippen LogP contribution in [0.5, 0.6) is 17.4 Å². The lowest BCUT2D eigenvalue weighted by atomic mass is 10.3. The van der Waals surface area contributed by atoms with Gasteiger partial charge in [-0.1, -0.05) is 19.1 Å². The molecular formula is C15H19N3O2. The predicted molar refractivity (Wildman–Crippen MR) is 78.6 cm³/mol. The standard InChI is InChI=1S/C15H19N3O2/c1-4-9-16-14-11(2)15(18-10-17-14)20-13-8-6-5-7-12(13)19-3/h5-8,10H,4,9H2,1-3H3,(H,16,17,18). The van der Waals surface area contributed by atoms with Crippen molar-refractivity contribution in [1.82, 2.24) is 9.97 Å². The minimum atomic E-state index is 0.531. The molecule has 0 bridgehead atoms. The topological polar surface area (TPSA) is 56.3 Å². The lowest BCUT2D eigenvalue weighted by Crippen LogP contribution is -2.05. The second-order valence-corrected chi connectivity index (χ2v) is 4.33. The fraction of sp³-hybridized carbons (Fsp3) is 0.333. The smallest absolute Gasteiger partial charge is 0.227 e. The first kappa shape index (κ1) is 14.1. The van der Waals surface area contributed by atoms with E-state index in [1.807, 2.05) is 31.2 Å². The molecule has 0 fully saturated rings. The normalized spacial score (nSPS) is 10.2. The van der Waals surface area contributed by atoms with Crippen molar-refractivity contribution in [2.24, 2.45) is 0 Å². The van der Waals surface area contributed by atoms with Gasteiger partial charge in [0.15, 0.2) is 11.5 Å². The van der Waals surface area contributed by atoms with Crippen LogP contribution in [0.4, 0.5) is 5.82 Å². The predicted octanol–water partition coefficient (Wildman–Crippen LogP) is 3.41. The van der Waals surface area contributed by atoms with Crippen molar-refractivity contribution in [2.75, 3.05) is 19.0 Å². The van der Waals surface area contributed by atoms with Gasteiger partial charge in [0.05, 0.1) is 12.7 Å². The maximum absolute atomic E-state index is 5.84. The molecule has 20 heavy (non-hydrogen) atoms. The van der Waals surface area contributed by atoms with Crippen LogP contribution < -0.4 is 14.8 Å². The Hall–Kier alpha value is -2.30. The van der Waals surface area contributed by atoms with E-state index >= 15 is 0 Å². The number of nitrogens with one attached hydrogen (secondary N) is 1. The highest BCUT2D eigenvalue weighted by Crippen LogP contribution is 2.32. The molecule has 0 aliphatic carbocycles. The third kappa shape index (κ3) is 3.17. The van der Waals surface area contributed by atoms with Crippen LogP contribution in [0.1, 0.15) is 18.9 Å². The van der Waals surface area contributed by atoms with Gasteiger partial charge in [-0.15, -0.1) is 0 Å². The highest BCUT2D eigenvalue weighted by molar-refractivity contribution is 5.50. The number of anilines is 1. The molecule has 106 valence electrons. The molecule has 0 saturated carbocycles. The number of benzene rings is 1. The zero-order valence-corrected chi connectivity index (χ0v) is 12.0. The summed E-state index contributed by atoms with van der Waals surface area (Å²) in [6.45, 7) is 4.91. The van der Waals surface area contributed by atoms with Crippen LogP contribution in [-0.2, 0) is 0 Å². The second kappa shape index (κ2) is 6.75. The molecule has 0 amide bonds. The highest BCUT2D eigenvalue weighted by atomic mass is 16.5. The lowest BCUT2D eigenvalue weighted by molar-refractivity contribution is 0.373. The Bertz CT molecular complexity index is 573. The molecule has 0 radical (unpaired) electrons. The number of ether oxygens (including phenoxy) is 2. The van der Waals surface area contributed by atoms with Crippen molar-refractivity contribution in [3.05, 3.63) is 36.2 Å². The highest BCUT2D eigenvalue weighted by Gasteiger charge is 2.11. The lowest BCUT2D eigenvalue weighted by Gasteiger charge is -2.13. The molecule has 2 aromatic rings. The van der Waals surface area contributed by atoms with Gasteiger partial charge in [-0.05, 0) is 25.5 Å². The van der Waals surface area contributed by atoms with Crippen LogP contribution in [0.25, 0.3) is 0 Å². The third-order valence-electron chi connectivity index (χ3n) is 2.86. The van der Waals surface area contributed by atoms with Gasteiger partial charge in [0.2, 0.25) is 5.88 Å². The van der Waals surface area contributed by atoms with Crippen molar-refractivity contribution < 1.29 is 9.47 Å². The molecule has 0 spiro atoms. The van der Waals surface area contributed by atoms with Gasteiger partial charge >= 0.3 is 0 Å². The maximum Gasteiger partial charge on any atom is 0.227 e. The minimum absolute atomic E-state index is 0.531. The minimum Gasteiger partial charge on any atom is -0.493 e. The Morgan fingerprint density at radius 3 is 2.60 bits per heavy atom. The summed E-state index contributed by atoms with van der Waals surface area (Å²) in [5.41, 5.74) is 0.881. The van der Waals surface area contributed by atoms with Gasteiger partial charge < -0.3 is 14.8 Å². The molecule has 0 aliphatic rings. The Morgan fingerprint density at radius 2 is 1.90 bits per heavy atom. The summed E-state index contributed by atoms with van der Waals surface area (Å²) in [6.07, 6.45) is 2.53. The number of rotatable bonds is 6. The molecule has 0 saturated heterocycles. The third-order valence-corrected chi connectivity index (χ3v) is 2.86. The average Bonchev–Trinajstić information content (AvgIpc) is 2.48. The number of hydrogen-bond acceptors (Lipinski definition) is 5. The monoisotopic (exact) mass is 273 g/mol. The van der Waals surface area contributed by atoms with E-state index in [1.54, 1.807) is 7.11 Å². The Balaban J connectivity index is 2.25. The summed E-state index contributed by atoms with van der Waals surface area (Å²) in [5.74, 6) is 2.64. The van der Waals surface area contributed by atoms with Crippen molar-refractivity contribution in [3.63, 3.8) is 0 Å². The Labute approximate surface area is 119 Å². The van der Waals surface area contributed by atoms with E-state index in [0.717, 1.165) is 24.3 Å². The van der Waals surface area contributed by atoms with E-state index in [9.17, 15) is 0 Å². The zero-order chi connectivity index (χ0) is 14.4. The fourth-order valence-corrected chi connectivity index (χ4v) is 1.77. The number of para-hydroxylation sites is 2. The van der Waals surface area contributed by atoms with Gasteiger partial charge in [-0.3, -0.25) is 0 Å². The van der Waals surface area contributed by atoms with Crippen molar-refractivity contribution in [3.8, 4) is 17.4 Å². The Kier molecular flexibility index (Phi) is 4.76. The first-order valence-electron chi connectivity index (χ1n) is 6.62. The SMILES string of the molecule is CCCNc1ncnc(Oc2ccccc2OC)c1C. The van der Waals surface area contributed by atoms with E-state index in [0.29, 0.717) is 17.4 Å². The molecule has 5 heteroatoms. The van der Waals surface area contributed by atoms with Gasteiger partial charge in [-0.25, -0.2) is 9.97 Å². The van der Waals surface area contributed by atoms with E-state index in [1.165, 1.54) is 6.33 Å². The average molecular weight is 273 g/mol. The number of aromatic nitrogens is 2. The molecule has 2 rings (SSSR count). The van der Waals surface area contributed by atoms with Crippen molar-refractivity contribution in [2.45, 2.75) is 20.3 Å². The van der Waals surface area contributed by atoms with Crippen LogP contribution in [-0.4, -0.2) is 23.6 Å². The van der Waals surface area contributed by atoms with E-state index in [4.69, 9.17) is 9.47 Å². The first-order valence-corrected chi connectivity index (χ1v) is 6.62. The van der Waals surface area contributed by atoms with Crippen LogP contribution >= 0.6 is 0 Å². The molecular weight excluding hydrogens is 254 g/mol. The van der Waals surface area contributed by atoms with Crippen LogP contribution in [0.3, 0.4) is 0 Å². The number of hydrogen-bond donors (Lipinski definition) is 1. The van der Waals surface area contributed by atoms with Gasteiger partial charge in [0.25, 0.3) is 0 Å². The molecule has 5 nitrogen and oxygen atoms in total. The second-order valence-electron chi connectivity index (χ2n) is 4.33. The molecule has 1 N–H and O–H groups in total. The van der Waals surface area contributed by atoms with Crippen LogP contribution in [0.2, 0.25) is 0 Å². The summed E-state index contributed by atoms with van der Waals surface area (Å²) < 4.78 is 11.1. The number of nitrogens with zero attached hydrogens (tertiary/aromatic N) is 2. The summed E-state index contributed by atoms with van der Waals surface area (Å²) >= 11 is 0. The molecule has 0 atom stereocenters. The fourth-order valence-electron chi connectivity index (χ4n) is 1.77. The quantitative estimate of drug-likeness (QED) is 0.874. The maximum atomic E-state index is 5.84. The summed E-state index contributed by atoms with van der Waals surface area (Å²) in [7, 11) is 1.61. The van der Waals surface area contributed by atoms with Gasteiger partial charge in [0.1, 0.15) is 12.1 Å². The first-order chi connectivity index (χ1) is 9.76. The zero-order valence-electron chi connectivity index (χ0n) is 12.0. The number of methoxy groups -OCH3 is 1. The largest absolute Gasteiger partial charge is 0.493 e. The Morgan fingerprint density at radius 1 is 1.15 bits per heavy atom. The molecule has 0 unspecified atom stereocenters. The molecule has 1 aromatic heterocycles. The molecule has 1 aromatic carbocycles. The summed E-state index contributed by atoms with van der Waals surface area (Å²) in [6, 6.07) is 7.49. The molecule has 0 aliphatic heterocycles. The van der Waals surface area contributed by atoms with E-state index in [2.05, 4.69) is 22.2 Å².